The molecule has 0 unspecified atom stereocenters. The SMILES string of the molecule is CC(=O)NCCn1c([C@@H]2CCCN(C(=O)C[C@H](N)Cc3ccc(-c4ccnc(O)c4)cc3)C2)nc2ccccc21. The van der Waals surface area contributed by atoms with E-state index in [1.165, 1.54) is 6.92 Å². The van der Waals surface area contributed by atoms with E-state index in [0.29, 0.717) is 26.1 Å². The van der Waals surface area contributed by atoms with Crippen LogP contribution in [-0.2, 0) is 22.6 Å². The second kappa shape index (κ2) is 12.3. The van der Waals surface area contributed by atoms with Crippen LogP contribution >= 0.6 is 0 Å². The van der Waals surface area contributed by atoms with Gasteiger partial charge in [-0.25, -0.2) is 9.97 Å². The van der Waals surface area contributed by atoms with Crippen LogP contribution in [0.5, 0.6) is 5.88 Å². The predicted octanol–water partition coefficient (Wildman–Crippen LogP) is 3.61. The first kappa shape index (κ1) is 27.3. The highest BCUT2D eigenvalue weighted by molar-refractivity contribution is 5.78. The molecule has 4 aromatic rings. The Hall–Kier alpha value is -4.24. The van der Waals surface area contributed by atoms with Crippen molar-refractivity contribution in [1.29, 1.82) is 0 Å². The summed E-state index contributed by atoms with van der Waals surface area (Å²) in [7, 11) is 0. The number of nitrogens with one attached hydrogen (secondary N) is 1. The summed E-state index contributed by atoms with van der Waals surface area (Å²) < 4.78 is 2.19. The molecule has 1 aliphatic rings. The quantitative estimate of drug-likeness (QED) is 0.298. The molecule has 2 amide bonds. The zero-order chi connectivity index (χ0) is 28.1. The highest BCUT2D eigenvalue weighted by atomic mass is 16.3. The molecule has 0 radical (unpaired) electrons. The van der Waals surface area contributed by atoms with Crippen molar-refractivity contribution in [3.63, 3.8) is 0 Å². The van der Waals surface area contributed by atoms with Crippen LogP contribution in [-0.4, -0.2) is 62.0 Å². The molecule has 9 nitrogen and oxygen atoms in total. The summed E-state index contributed by atoms with van der Waals surface area (Å²) >= 11 is 0. The van der Waals surface area contributed by atoms with E-state index in [-0.39, 0.29) is 36.1 Å². The van der Waals surface area contributed by atoms with Gasteiger partial charge in [0.2, 0.25) is 17.7 Å². The van der Waals surface area contributed by atoms with E-state index in [0.717, 1.165) is 52.9 Å². The van der Waals surface area contributed by atoms with Crippen molar-refractivity contribution in [1.82, 2.24) is 24.8 Å². The topological polar surface area (TPSA) is 126 Å². The molecule has 0 saturated carbocycles. The van der Waals surface area contributed by atoms with Crippen molar-refractivity contribution in [3.8, 4) is 17.0 Å². The number of para-hydroxylation sites is 2. The van der Waals surface area contributed by atoms with Crippen molar-refractivity contribution in [3.05, 3.63) is 78.2 Å². The standard InChI is InChI=1S/C31H36N6O3/c1-21(38)33-14-16-37-28-7-3-2-6-27(28)35-31(37)25-5-4-15-36(20-25)30(40)19-26(32)17-22-8-10-23(11-9-22)24-12-13-34-29(39)18-24/h2-3,6-13,18,25-26H,4-5,14-17,19-20,32H2,1H3,(H,33,38)(H,34,39)/t25-,26-/m1/s1. The van der Waals surface area contributed by atoms with Crippen LogP contribution in [0.4, 0.5) is 0 Å². The van der Waals surface area contributed by atoms with E-state index in [1.54, 1.807) is 12.3 Å². The van der Waals surface area contributed by atoms with Crippen molar-refractivity contribution in [2.75, 3.05) is 19.6 Å². The number of hydrogen-bond acceptors (Lipinski definition) is 6. The normalized spacial score (nSPS) is 16.1. The van der Waals surface area contributed by atoms with Gasteiger partial charge >= 0.3 is 0 Å². The third kappa shape index (κ3) is 6.48. The van der Waals surface area contributed by atoms with E-state index in [4.69, 9.17) is 10.7 Å². The molecule has 1 aliphatic heterocycles. The minimum Gasteiger partial charge on any atom is -0.493 e. The van der Waals surface area contributed by atoms with Gasteiger partial charge in [-0.2, -0.15) is 0 Å². The average Bonchev–Trinajstić information content (AvgIpc) is 3.32. The van der Waals surface area contributed by atoms with Crippen molar-refractivity contribution < 1.29 is 14.7 Å². The molecule has 0 aliphatic carbocycles. The average molecular weight is 541 g/mol. The molecular formula is C31H36N6O3. The molecule has 2 atom stereocenters. The summed E-state index contributed by atoms with van der Waals surface area (Å²) in [5.41, 5.74) is 11.3. The number of pyridine rings is 1. The largest absolute Gasteiger partial charge is 0.493 e. The maximum absolute atomic E-state index is 13.3. The number of benzene rings is 2. The van der Waals surface area contributed by atoms with E-state index in [1.807, 2.05) is 53.4 Å². The van der Waals surface area contributed by atoms with Crippen LogP contribution in [0.2, 0.25) is 0 Å². The first-order valence-corrected chi connectivity index (χ1v) is 13.8. The summed E-state index contributed by atoms with van der Waals surface area (Å²) in [6, 6.07) is 19.2. The maximum atomic E-state index is 13.3. The molecule has 2 aromatic heterocycles. The second-order valence-corrected chi connectivity index (χ2v) is 10.5. The number of carbonyl (C=O) groups excluding carboxylic acids is 2. The monoisotopic (exact) mass is 540 g/mol. The molecule has 3 heterocycles. The predicted molar refractivity (Wildman–Crippen MR) is 155 cm³/mol. The van der Waals surface area contributed by atoms with Gasteiger partial charge in [0.25, 0.3) is 0 Å². The second-order valence-electron chi connectivity index (χ2n) is 10.5. The minimum absolute atomic E-state index is 0.00991. The lowest BCUT2D eigenvalue weighted by Crippen LogP contribution is -2.42. The number of rotatable bonds is 9. The van der Waals surface area contributed by atoms with Crippen LogP contribution in [0.25, 0.3) is 22.2 Å². The highest BCUT2D eigenvalue weighted by Crippen LogP contribution is 2.30. The number of nitrogens with two attached hydrogens (primary N) is 1. The number of carbonyl (C=O) groups is 2. The molecule has 1 saturated heterocycles. The highest BCUT2D eigenvalue weighted by Gasteiger charge is 2.29. The Morgan fingerprint density at radius 1 is 1.12 bits per heavy atom. The maximum Gasteiger partial charge on any atom is 0.224 e. The van der Waals surface area contributed by atoms with Gasteiger partial charge < -0.3 is 25.6 Å². The molecule has 5 rings (SSSR count). The lowest BCUT2D eigenvalue weighted by atomic mass is 9.95. The summed E-state index contributed by atoms with van der Waals surface area (Å²) in [5.74, 6) is 1.10. The first-order chi connectivity index (χ1) is 19.4. The number of amides is 2. The molecule has 2 aromatic carbocycles. The fraction of sp³-hybridized carbons (Fsp3) is 0.355. The smallest absolute Gasteiger partial charge is 0.224 e. The van der Waals surface area contributed by atoms with Crippen LogP contribution in [0.15, 0.2) is 66.9 Å². The Morgan fingerprint density at radius 3 is 2.70 bits per heavy atom. The number of aromatic hydroxyl groups is 1. The zero-order valence-electron chi connectivity index (χ0n) is 22.8. The summed E-state index contributed by atoms with van der Waals surface area (Å²) in [5, 5.41) is 12.5. The number of aromatic nitrogens is 3. The van der Waals surface area contributed by atoms with Gasteiger partial charge in [0.15, 0.2) is 0 Å². The van der Waals surface area contributed by atoms with Crippen LogP contribution in [0.1, 0.15) is 43.5 Å². The van der Waals surface area contributed by atoms with E-state index in [2.05, 4.69) is 20.9 Å². The molecule has 208 valence electrons. The molecule has 40 heavy (non-hydrogen) atoms. The van der Waals surface area contributed by atoms with Gasteiger partial charge in [-0.3, -0.25) is 9.59 Å². The number of likely N-dealkylation sites (tertiary alicyclic amines) is 1. The first-order valence-electron chi connectivity index (χ1n) is 13.8. The number of fused-ring (bicyclic) bond motifs is 1. The molecule has 9 heteroatoms. The van der Waals surface area contributed by atoms with Gasteiger partial charge in [0, 0.05) is 63.7 Å². The van der Waals surface area contributed by atoms with E-state index >= 15 is 0 Å². The molecule has 4 N–H and O–H groups in total. The Balaban J connectivity index is 1.21. The third-order valence-corrected chi connectivity index (χ3v) is 7.50. The molecular weight excluding hydrogens is 504 g/mol. The van der Waals surface area contributed by atoms with Gasteiger partial charge in [0.05, 0.1) is 11.0 Å². The fourth-order valence-electron chi connectivity index (χ4n) is 5.56. The van der Waals surface area contributed by atoms with Crippen molar-refractivity contribution >= 4 is 22.8 Å². The fourth-order valence-corrected chi connectivity index (χ4v) is 5.56. The molecule has 0 spiro atoms. The Bertz CT molecular complexity index is 1480. The minimum atomic E-state index is -0.286. The van der Waals surface area contributed by atoms with E-state index < -0.39 is 0 Å². The number of piperidine rings is 1. The van der Waals surface area contributed by atoms with Crippen molar-refractivity contribution in [2.24, 2.45) is 5.73 Å². The summed E-state index contributed by atoms with van der Waals surface area (Å²) in [6.07, 6.45) is 4.33. The number of hydrogen-bond donors (Lipinski definition) is 3. The Morgan fingerprint density at radius 2 is 1.93 bits per heavy atom. The van der Waals surface area contributed by atoms with Gasteiger partial charge in [0.1, 0.15) is 5.82 Å². The van der Waals surface area contributed by atoms with Crippen LogP contribution < -0.4 is 11.1 Å². The Labute approximate surface area is 234 Å². The third-order valence-electron chi connectivity index (χ3n) is 7.50. The zero-order valence-corrected chi connectivity index (χ0v) is 22.8. The molecule has 1 fully saturated rings. The lowest BCUT2D eigenvalue weighted by Gasteiger charge is -2.33. The van der Waals surface area contributed by atoms with Gasteiger partial charge in [-0.1, -0.05) is 36.4 Å². The molecule has 0 bridgehead atoms. The summed E-state index contributed by atoms with van der Waals surface area (Å²) in [4.78, 5) is 35.4. The van der Waals surface area contributed by atoms with E-state index in [9.17, 15) is 14.7 Å². The van der Waals surface area contributed by atoms with Crippen LogP contribution in [0.3, 0.4) is 0 Å². The Kier molecular flexibility index (Phi) is 8.40. The van der Waals surface area contributed by atoms with Gasteiger partial charge in [-0.15, -0.1) is 0 Å². The van der Waals surface area contributed by atoms with Crippen molar-refractivity contribution in [2.45, 2.75) is 51.1 Å². The lowest BCUT2D eigenvalue weighted by molar-refractivity contribution is -0.132. The number of imidazole rings is 1. The number of nitrogens with zero attached hydrogens (tertiary/aromatic N) is 4. The summed E-state index contributed by atoms with van der Waals surface area (Å²) in [6.45, 7) is 4.02. The van der Waals surface area contributed by atoms with Gasteiger partial charge in [-0.05, 0) is 54.2 Å². The van der Waals surface area contributed by atoms with Crippen LogP contribution in [0, 0.1) is 0 Å².